The highest BCUT2D eigenvalue weighted by atomic mass is 16.5. The van der Waals surface area contributed by atoms with Gasteiger partial charge in [0.25, 0.3) is 0 Å². The molecule has 14 heavy (non-hydrogen) atoms. The van der Waals surface area contributed by atoms with Gasteiger partial charge >= 0.3 is 0 Å². The third kappa shape index (κ3) is 3.18. The second-order valence-electron chi connectivity index (χ2n) is 2.88. The topological polar surface area (TPSA) is 56.3 Å². The molecule has 5 heteroatoms. The fraction of sp³-hybridized carbons (Fsp3) is 0.556. The lowest BCUT2D eigenvalue weighted by molar-refractivity contribution is 0.210. The van der Waals surface area contributed by atoms with Gasteiger partial charge in [0.1, 0.15) is 12.4 Å². The van der Waals surface area contributed by atoms with Gasteiger partial charge in [0, 0.05) is 6.54 Å². The van der Waals surface area contributed by atoms with Crippen LogP contribution in [-0.2, 0) is 0 Å². The van der Waals surface area contributed by atoms with E-state index in [4.69, 9.17) is 9.47 Å². The SMILES string of the molecule is CNCC(C)Oc1cc(OC)ncn1. The van der Waals surface area contributed by atoms with Crippen molar-refractivity contribution < 1.29 is 9.47 Å². The summed E-state index contributed by atoms with van der Waals surface area (Å²) < 4.78 is 10.5. The van der Waals surface area contributed by atoms with Crippen molar-refractivity contribution >= 4 is 0 Å². The van der Waals surface area contributed by atoms with Gasteiger partial charge in [-0.05, 0) is 14.0 Å². The Hall–Kier alpha value is -1.36. The Morgan fingerprint density at radius 3 is 2.79 bits per heavy atom. The monoisotopic (exact) mass is 197 g/mol. The Balaban J connectivity index is 2.57. The zero-order valence-electron chi connectivity index (χ0n) is 8.65. The zero-order chi connectivity index (χ0) is 10.4. The molecule has 78 valence electrons. The van der Waals surface area contributed by atoms with E-state index in [2.05, 4.69) is 15.3 Å². The molecule has 0 amide bonds. The molecule has 1 unspecified atom stereocenters. The van der Waals surface area contributed by atoms with Gasteiger partial charge < -0.3 is 14.8 Å². The van der Waals surface area contributed by atoms with E-state index in [1.54, 1.807) is 13.2 Å². The maximum atomic E-state index is 5.50. The Bertz CT molecular complexity index is 281. The van der Waals surface area contributed by atoms with E-state index in [-0.39, 0.29) is 6.10 Å². The average molecular weight is 197 g/mol. The van der Waals surface area contributed by atoms with Crippen molar-refractivity contribution in [1.82, 2.24) is 15.3 Å². The average Bonchev–Trinajstić information content (AvgIpc) is 2.18. The molecule has 5 nitrogen and oxygen atoms in total. The molecule has 1 aromatic rings. The highest BCUT2D eigenvalue weighted by Crippen LogP contribution is 2.13. The molecule has 0 aliphatic heterocycles. The smallest absolute Gasteiger partial charge is 0.220 e. The van der Waals surface area contributed by atoms with Crippen LogP contribution in [0.25, 0.3) is 0 Å². The highest BCUT2D eigenvalue weighted by molar-refractivity contribution is 5.18. The first-order chi connectivity index (χ1) is 6.76. The molecule has 0 spiro atoms. The zero-order valence-corrected chi connectivity index (χ0v) is 8.65. The summed E-state index contributed by atoms with van der Waals surface area (Å²) in [5.41, 5.74) is 0. The van der Waals surface area contributed by atoms with E-state index in [1.807, 2.05) is 14.0 Å². The first-order valence-corrected chi connectivity index (χ1v) is 4.43. The van der Waals surface area contributed by atoms with Crippen LogP contribution in [0.2, 0.25) is 0 Å². The first kappa shape index (κ1) is 10.7. The molecular formula is C9H15N3O2. The van der Waals surface area contributed by atoms with Gasteiger partial charge in [-0.25, -0.2) is 9.97 Å². The quantitative estimate of drug-likeness (QED) is 0.743. The molecular weight excluding hydrogens is 182 g/mol. The van der Waals surface area contributed by atoms with E-state index in [1.165, 1.54) is 6.33 Å². The summed E-state index contributed by atoms with van der Waals surface area (Å²) in [7, 11) is 3.43. The number of nitrogens with one attached hydrogen (secondary N) is 1. The van der Waals surface area contributed by atoms with Crippen LogP contribution in [-0.4, -0.2) is 36.8 Å². The van der Waals surface area contributed by atoms with Crippen LogP contribution >= 0.6 is 0 Å². The van der Waals surface area contributed by atoms with Crippen LogP contribution in [0.1, 0.15) is 6.92 Å². The molecule has 1 aromatic heterocycles. The van der Waals surface area contributed by atoms with E-state index >= 15 is 0 Å². The van der Waals surface area contributed by atoms with Crippen LogP contribution in [0.4, 0.5) is 0 Å². The molecule has 1 rings (SSSR count). The lowest BCUT2D eigenvalue weighted by atomic mass is 10.4. The van der Waals surface area contributed by atoms with Crippen LogP contribution in [0.15, 0.2) is 12.4 Å². The molecule has 1 atom stereocenters. The van der Waals surface area contributed by atoms with Crippen molar-refractivity contribution in [3.63, 3.8) is 0 Å². The maximum Gasteiger partial charge on any atom is 0.220 e. The number of methoxy groups -OCH3 is 1. The lowest BCUT2D eigenvalue weighted by Crippen LogP contribution is -2.26. The molecule has 1 N–H and O–H groups in total. The summed E-state index contributed by atoms with van der Waals surface area (Å²) in [4.78, 5) is 7.85. The second kappa shape index (κ2) is 5.39. The summed E-state index contributed by atoms with van der Waals surface area (Å²) in [6.45, 7) is 2.73. The molecule has 0 bridgehead atoms. The Morgan fingerprint density at radius 1 is 1.43 bits per heavy atom. The molecule has 0 saturated heterocycles. The summed E-state index contributed by atoms with van der Waals surface area (Å²) in [5, 5.41) is 3.02. The second-order valence-corrected chi connectivity index (χ2v) is 2.88. The van der Waals surface area contributed by atoms with Gasteiger partial charge in [-0.2, -0.15) is 0 Å². The molecule has 0 aliphatic carbocycles. The van der Waals surface area contributed by atoms with Crippen molar-refractivity contribution in [2.75, 3.05) is 20.7 Å². The van der Waals surface area contributed by atoms with Gasteiger partial charge in [-0.15, -0.1) is 0 Å². The van der Waals surface area contributed by atoms with Crippen LogP contribution in [0.3, 0.4) is 0 Å². The third-order valence-corrected chi connectivity index (χ3v) is 1.64. The maximum absolute atomic E-state index is 5.50. The number of likely N-dealkylation sites (N-methyl/N-ethyl adjacent to an activating group) is 1. The summed E-state index contributed by atoms with van der Waals surface area (Å²) in [6, 6.07) is 1.66. The van der Waals surface area contributed by atoms with Crippen LogP contribution in [0.5, 0.6) is 11.8 Å². The van der Waals surface area contributed by atoms with E-state index in [9.17, 15) is 0 Å². The summed E-state index contributed by atoms with van der Waals surface area (Å²) in [6.07, 6.45) is 1.49. The summed E-state index contributed by atoms with van der Waals surface area (Å²) >= 11 is 0. The first-order valence-electron chi connectivity index (χ1n) is 4.43. The molecule has 0 fully saturated rings. The lowest BCUT2D eigenvalue weighted by Gasteiger charge is -2.12. The Morgan fingerprint density at radius 2 is 2.14 bits per heavy atom. The van der Waals surface area contributed by atoms with Crippen molar-refractivity contribution in [3.8, 4) is 11.8 Å². The van der Waals surface area contributed by atoms with Crippen LogP contribution < -0.4 is 14.8 Å². The van der Waals surface area contributed by atoms with Gasteiger partial charge in [-0.3, -0.25) is 0 Å². The standard InChI is InChI=1S/C9H15N3O2/c1-7(5-10-2)14-9-4-8(13-3)11-6-12-9/h4,6-7,10H,5H2,1-3H3. The number of hydrogen-bond acceptors (Lipinski definition) is 5. The molecule has 0 saturated carbocycles. The normalized spacial score (nSPS) is 12.2. The highest BCUT2D eigenvalue weighted by Gasteiger charge is 2.04. The van der Waals surface area contributed by atoms with Crippen molar-refractivity contribution in [2.24, 2.45) is 0 Å². The van der Waals surface area contributed by atoms with Crippen molar-refractivity contribution in [1.29, 1.82) is 0 Å². The molecule has 0 aliphatic rings. The third-order valence-electron chi connectivity index (χ3n) is 1.64. The largest absolute Gasteiger partial charge is 0.481 e. The van der Waals surface area contributed by atoms with E-state index in [0.29, 0.717) is 11.8 Å². The van der Waals surface area contributed by atoms with Crippen molar-refractivity contribution in [2.45, 2.75) is 13.0 Å². The fourth-order valence-electron chi connectivity index (χ4n) is 1.03. The number of hydrogen-bond donors (Lipinski definition) is 1. The number of rotatable bonds is 5. The minimum atomic E-state index is 0.0691. The van der Waals surface area contributed by atoms with Crippen molar-refractivity contribution in [3.05, 3.63) is 12.4 Å². The number of ether oxygens (including phenoxy) is 2. The van der Waals surface area contributed by atoms with Gasteiger partial charge in [0.05, 0.1) is 13.2 Å². The van der Waals surface area contributed by atoms with E-state index in [0.717, 1.165) is 6.54 Å². The van der Waals surface area contributed by atoms with Gasteiger partial charge in [0.2, 0.25) is 11.8 Å². The van der Waals surface area contributed by atoms with Gasteiger partial charge in [-0.1, -0.05) is 0 Å². The molecule has 0 aromatic carbocycles. The molecule has 0 radical (unpaired) electrons. The predicted octanol–water partition coefficient (Wildman–Crippen LogP) is 0.472. The number of nitrogens with zero attached hydrogens (tertiary/aromatic N) is 2. The molecule has 1 heterocycles. The minimum absolute atomic E-state index is 0.0691. The Kier molecular flexibility index (Phi) is 4.12. The van der Waals surface area contributed by atoms with Gasteiger partial charge in [0.15, 0.2) is 0 Å². The minimum Gasteiger partial charge on any atom is -0.481 e. The van der Waals surface area contributed by atoms with Crippen LogP contribution in [0, 0.1) is 0 Å². The Labute approximate surface area is 83.5 Å². The fourth-order valence-corrected chi connectivity index (χ4v) is 1.03. The summed E-state index contributed by atoms with van der Waals surface area (Å²) in [5.74, 6) is 1.03. The predicted molar refractivity (Wildman–Crippen MR) is 52.6 cm³/mol. The van der Waals surface area contributed by atoms with E-state index < -0.39 is 0 Å². The number of aromatic nitrogens is 2.